The second-order valence-corrected chi connectivity index (χ2v) is 9.44. The molecule has 3 aromatic rings. The first kappa shape index (κ1) is 22.4. The number of para-hydroxylation sites is 1. The number of allylic oxidation sites excluding steroid dienone is 2. The fourth-order valence-corrected chi connectivity index (χ4v) is 5.13. The predicted octanol–water partition coefficient (Wildman–Crippen LogP) is 6.19. The third kappa shape index (κ3) is 4.36. The van der Waals surface area contributed by atoms with Crippen molar-refractivity contribution in [3.63, 3.8) is 0 Å². The second-order valence-electron chi connectivity index (χ2n) is 7.72. The first-order chi connectivity index (χ1) is 16.5. The average molecular weight is 490 g/mol. The van der Waals surface area contributed by atoms with Crippen LogP contribution < -0.4 is 14.8 Å². The van der Waals surface area contributed by atoms with E-state index in [4.69, 9.17) is 21.7 Å². The van der Waals surface area contributed by atoms with E-state index in [0.29, 0.717) is 27.3 Å². The zero-order valence-corrected chi connectivity index (χ0v) is 19.8. The molecule has 1 fully saturated rings. The number of carbonyl (C=O) groups excluding carboxylic acids is 1. The number of amides is 1. The van der Waals surface area contributed by atoms with Crippen molar-refractivity contribution in [2.45, 2.75) is 12.8 Å². The van der Waals surface area contributed by atoms with Gasteiger partial charge in [-0.2, -0.15) is 0 Å². The molecule has 0 aromatic heterocycles. The highest BCUT2D eigenvalue weighted by Crippen LogP contribution is 2.47. The van der Waals surface area contributed by atoms with Gasteiger partial charge in [-0.1, -0.05) is 54.3 Å². The topological polar surface area (TPSA) is 47.6 Å². The third-order valence-electron chi connectivity index (χ3n) is 5.57. The normalized spacial score (nSPS) is 18.5. The lowest BCUT2D eigenvalue weighted by Crippen LogP contribution is -2.19. The summed E-state index contributed by atoms with van der Waals surface area (Å²) in [6, 6.07) is 21.8. The van der Waals surface area contributed by atoms with E-state index in [0.717, 1.165) is 28.0 Å². The molecule has 0 aliphatic carbocycles. The second kappa shape index (κ2) is 9.44. The number of rotatable bonds is 5. The molecule has 0 saturated carbocycles. The first-order valence-electron chi connectivity index (χ1n) is 10.8. The minimum Gasteiger partial charge on any atom is -0.494 e. The molecule has 0 spiro atoms. The largest absolute Gasteiger partial charge is 0.494 e. The van der Waals surface area contributed by atoms with Gasteiger partial charge in [0.1, 0.15) is 27.4 Å². The van der Waals surface area contributed by atoms with Gasteiger partial charge < -0.3 is 14.8 Å². The number of benzene rings is 3. The zero-order chi connectivity index (χ0) is 23.7. The molecule has 0 radical (unpaired) electrons. The molecular formula is C27H20FNO3S2. The average Bonchev–Trinajstić information content (AvgIpc) is 3.16. The van der Waals surface area contributed by atoms with Crippen molar-refractivity contribution >= 4 is 40.0 Å². The summed E-state index contributed by atoms with van der Waals surface area (Å²) in [7, 11) is 0. The monoisotopic (exact) mass is 489 g/mol. The van der Waals surface area contributed by atoms with Crippen molar-refractivity contribution in [1.82, 2.24) is 5.32 Å². The van der Waals surface area contributed by atoms with Crippen molar-refractivity contribution < 1.29 is 18.7 Å². The van der Waals surface area contributed by atoms with Crippen molar-refractivity contribution in [3.05, 3.63) is 112 Å². The molecule has 1 N–H and O–H groups in total. The van der Waals surface area contributed by atoms with E-state index in [9.17, 15) is 9.18 Å². The lowest BCUT2D eigenvalue weighted by atomic mass is 9.81. The fourth-order valence-electron chi connectivity index (χ4n) is 4.10. The fraction of sp³-hybridized carbons (Fsp3) is 0.111. The number of hydrogen-bond donors (Lipinski definition) is 1. The highest BCUT2D eigenvalue weighted by molar-refractivity contribution is 8.26. The lowest BCUT2D eigenvalue weighted by molar-refractivity contribution is -0.115. The van der Waals surface area contributed by atoms with Gasteiger partial charge in [0, 0.05) is 22.6 Å². The molecule has 170 valence electrons. The van der Waals surface area contributed by atoms with E-state index in [1.807, 2.05) is 61.5 Å². The Morgan fingerprint density at radius 1 is 1.09 bits per heavy atom. The van der Waals surface area contributed by atoms with Gasteiger partial charge >= 0.3 is 0 Å². The quantitative estimate of drug-likeness (QED) is 0.342. The van der Waals surface area contributed by atoms with Gasteiger partial charge in [-0.05, 0) is 61.0 Å². The molecule has 4 nitrogen and oxygen atoms in total. The summed E-state index contributed by atoms with van der Waals surface area (Å²) in [4.78, 5) is 13.0. The number of thioether (sulfide) groups is 1. The summed E-state index contributed by atoms with van der Waals surface area (Å²) < 4.78 is 26.2. The Balaban J connectivity index is 1.73. The molecule has 1 atom stereocenters. The molecule has 5 rings (SSSR count). The van der Waals surface area contributed by atoms with Gasteiger partial charge in [-0.3, -0.25) is 4.79 Å². The van der Waals surface area contributed by atoms with E-state index in [1.165, 1.54) is 23.9 Å². The van der Waals surface area contributed by atoms with Gasteiger partial charge in [-0.25, -0.2) is 4.39 Å². The standard InChI is InChI=1S/C27H20FNO3S2/c1-2-31-19-13-9-17(10-14-19)25-21(15-23-26(30)29-27(33)34-23)24(16-7-11-18(28)12-8-16)20-5-3-4-6-22(20)32-25/h3-15,24H,2H2,1H3,(H,29,30,33)/b23-15-/t24-/m1/s1. The van der Waals surface area contributed by atoms with Gasteiger partial charge in [0.05, 0.1) is 11.5 Å². The van der Waals surface area contributed by atoms with Gasteiger partial charge in [0.25, 0.3) is 5.91 Å². The molecule has 34 heavy (non-hydrogen) atoms. The maximum absolute atomic E-state index is 13.8. The third-order valence-corrected chi connectivity index (χ3v) is 6.74. The van der Waals surface area contributed by atoms with Crippen LogP contribution in [0, 0.1) is 5.82 Å². The number of halogens is 1. The molecule has 1 saturated heterocycles. The molecule has 2 aliphatic heterocycles. The van der Waals surface area contributed by atoms with Crippen LogP contribution in [0.1, 0.15) is 29.5 Å². The van der Waals surface area contributed by atoms with Crippen LogP contribution in [0.25, 0.3) is 5.76 Å². The maximum Gasteiger partial charge on any atom is 0.263 e. The predicted molar refractivity (Wildman–Crippen MR) is 136 cm³/mol. The van der Waals surface area contributed by atoms with E-state index in [2.05, 4.69) is 5.32 Å². The Bertz CT molecular complexity index is 1330. The maximum atomic E-state index is 13.8. The van der Waals surface area contributed by atoms with Crippen LogP contribution in [0.5, 0.6) is 11.5 Å². The van der Waals surface area contributed by atoms with E-state index >= 15 is 0 Å². The van der Waals surface area contributed by atoms with E-state index in [1.54, 1.807) is 12.1 Å². The van der Waals surface area contributed by atoms with Crippen LogP contribution in [0.15, 0.2) is 89.4 Å². The Morgan fingerprint density at radius 2 is 1.82 bits per heavy atom. The Morgan fingerprint density at radius 3 is 2.50 bits per heavy atom. The summed E-state index contributed by atoms with van der Waals surface area (Å²) in [6.45, 7) is 2.51. The number of carbonyl (C=O) groups is 1. The molecule has 2 heterocycles. The number of ether oxygens (including phenoxy) is 2. The number of hydrogen-bond acceptors (Lipinski definition) is 5. The molecule has 2 aliphatic rings. The van der Waals surface area contributed by atoms with E-state index < -0.39 is 0 Å². The Hall–Kier alpha value is -3.42. The molecule has 0 bridgehead atoms. The summed E-state index contributed by atoms with van der Waals surface area (Å²) in [5.74, 6) is 1.26. The van der Waals surface area contributed by atoms with Gasteiger partial charge in [0.15, 0.2) is 0 Å². The molecule has 7 heteroatoms. The van der Waals surface area contributed by atoms with Crippen molar-refractivity contribution in [3.8, 4) is 11.5 Å². The highest BCUT2D eigenvalue weighted by atomic mass is 32.2. The Kier molecular flexibility index (Phi) is 6.22. The van der Waals surface area contributed by atoms with Gasteiger partial charge in [-0.15, -0.1) is 0 Å². The van der Waals surface area contributed by atoms with Crippen LogP contribution in [-0.2, 0) is 4.79 Å². The van der Waals surface area contributed by atoms with Crippen LogP contribution in [-0.4, -0.2) is 16.8 Å². The number of nitrogens with one attached hydrogen (secondary N) is 1. The van der Waals surface area contributed by atoms with E-state index in [-0.39, 0.29) is 17.6 Å². The van der Waals surface area contributed by atoms with Gasteiger partial charge in [0.2, 0.25) is 0 Å². The molecule has 1 amide bonds. The minimum atomic E-state index is -0.309. The smallest absolute Gasteiger partial charge is 0.263 e. The molecule has 0 unspecified atom stereocenters. The van der Waals surface area contributed by atoms with Crippen LogP contribution in [0.2, 0.25) is 0 Å². The van der Waals surface area contributed by atoms with Crippen molar-refractivity contribution in [2.24, 2.45) is 0 Å². The first-order valence-corrected chi connectivity index (χ1v) is 12.0. The summed E-state index contributed by atoms with van der Waals surface area (Å²) in [6.07, 6.45) is 1.83. The molecular weight excluding hydrogens is 469 g/mol. The van der Waals surface area contributed by atoms with Crippen molar-refractivity contribution in [2.75, 3.05) is 6.61 Å². The summed E-state index contributed by atoms with van der Waals surface area (Å²) in [5, 5.41) is 2.67. The molecule has 3 aromatic carbocycles. The SMILES string of the molecule is CCOc1ccc(C2=C(/C=C3\SC(=S)NC3=O)[C@H](c3ccc(F)cc3)c3ccccc3O2)cc1. The highest BCUT2D eigenvalue weighted by Gasteiger charge is 2.33. The van der Waals surface area contributed by atoms with Crippen molar-refractivity contribution in [1.29, 1.82) is 0 Å². The minimum absolute atomic E-state index is 0.245. The van der Waals surface area contributed by atoms with Crippen LogP contribution in [0.3, 0.4) is 0 Å². The summed E-state index contributed by atoms with van der Waals surface area (Å²) in [5.41, 5.74) is 3.44. The van der Waals surface area contributed by atoms with Crippen LogP contribution in [0.4, 0.5) is 4.39 Å². The number of fused-ring (bicyclic) bond motifs is 1. The number of thiocarbonyl (C=S) groups is 1. The lowest BCUT2D eigenvalue weighted by Gasteiger charge is -2.30. The zero-order valence-electron chi connectivity index (χ0n) is 18.2. The summed E-state index contributed by atoms with van der Waals surface area (Å²) >= 11 is 6.41. The van der Waals surface area contributed by atoms with Crippen LogP contribution >= 0.6 is 24.0 Å². The Labute approximate surface area is 206 Å².